The minimum Gasteiger partial charge on any atom is -0.383 e. The summed E-state index contributed by atoms with van der Waals surface area (Å²) in [5.41, 5.74) is 0.454. The third-order valence-electron chi connectivity index (χ3n) is 2.41. The number of nitrogens with zero attached hydrogens (tertiary/aromatic N) is 2. The van der Waals surface area contributed by atoms with Gasteiger partial charge in [-0.2, -0.15) is 5.26 Å². The fraction of sp³-hybridized carbons (Fsp3) is 0.100. The van der Waals surface area contributed by atoms with E-state index in [0.717, 1.165) is 0 Å². The Bertz CT molecular complexity index is 577. The smallest absolute Gasteiger partial charge is 0.271 e. The van der Waals surface area contributed by atoms with Crippen LogP contribution in [0.1, 0.15) is 11.7 Å². The van der Waals surface area contributed by atoms with Crippen molar-refractivity contribution >= 4 is 23.0 Å². The number of nitro benzene ring substituents is 1. The number of rotatable bonds is 1. The molecule has 2 rings (SSSR count). The van der Waals surface area contributed by atoms with Gasteiger partial charge in [-0.05, 0) is 0 Å². The number of nitrogens with one attached hydrogen (secondary N) is 1. The maximum Gasteiger partial charge on any atom is 0.271 e. The Morgan fingerprint density at radius 3 is 2.88 bits per heavy atom. The summed E-state index contributed by atoms with van der Waals surface area (Å²) in [7, 11) is 0. The summed E-state index contributed by atoms with van der Waals surface area (Å²) in [5, 5.41) is 32.1. The van der Waals surface area contributed by atoms with Crippen molar-refractivity contribution in [3.8, 4) is 6.07 Å². The molecule has 17 heavy (non-hydrogen) atoms. The van der Waals surface area contributed by atoms with E-state index in [9.17, 15) is 15.2 Å². The predicted molar refractivity (Wildman–Crippen MR) is 60.4 cm³/mol. The molecule has 1 atom stereocenters. The monoisotopic (exact) mass is 251 g/mol. The quantitative estimate of drug-likeness (QED) is 0.588. The minimum atomic E-state index is -1.20. The third kappa shape index (κ3) is 1.82. The van der Waals surface area contributed by atoms with Crippen LogP contribution < -0.4 is 5.32 Å². The molecular formula is C10H6ClN3O3. The fourth-order valence-corrected chi connectivity index (χ4v) is 1.85. The highest BCUT2D eigenvalue weighted by atomic mass is 35.5. The molecule has 0 radical (unpaired) electrons. The fourth-order valence-electron chi connectivity index (χ4n) is 1.58. The second-order valence-electron chi connectivity index (χ2n) is 3.41. The minimum absolute atomic E-state index is 0.0778. The number of aliphatic hydroxyl groups is 1. The van der Waals surface area contributed by atoms with Crippen LogP contribution in [0.3, 0.4) is 0 Å². The molecule has 0 saturated carbocycles. The maximum atomic E-state index is 10.7. The number of hydrogen-bond acceptors (Lipinski definition) is 5. The highest BCUT2D eigenvalue weighted by Crippen LogP contribution is 2.39. The van der Waals surface area contributed by atoms with Crippen molar-refractivity contribution in [3.05, 3.63) is 44.6 Å². The number of non-ortho nitro benzene ring substituents is 1. The lowest BCUT2D eigenvalue weighted by Crippen LogP contribution is -2.12. The summed E-state index contributed by atoms with van der Waals surface area (Å²) < 4.78 is 0. The molecule has 0 amide bonds. The Labute approximate surface area is 101 Å². The molecule has 0 fully saturated rings. The molecule has 1 unspecified atom stereocenters. The molecule has 1 aromatic rings. The molecule has 1 heterocycles. The molecule has 6 nitrogen and oxygen atoms in total. The van der Waals surface area contributed by atoms with Crippen LogP contribution in [0.25, 0.3) is 0 Å². The Balaban J connectivity index is 2.60. The van der Waals surface area contributed by atoms with Crippen LogP contribution >= 0.6 is 11.6 Å². The van der Waals surface area contributed by atoms with E-state index in [0.29, 0.717) is 5.69 Å². The first kappa shape index (κ1) is 11.4. The zero-order valence-electron chi connectivity index (χ0n) is 8.35. The molecule has 0 aliphatic carbocycles. The van der Waals surface area contributed by atoms with Crippen molar-refractivity contribution in [2.24, 2.45) is 0 Å². The number of nitriles is 1. The first-order valence-corrected chi connectivity index (χ1v) is 4.95. The molecular weight excluding hydrogens is 246 g/mol. The lowest BCUT2D eigenvalue weighted by molar-refractivity contribution is -0.384. The van der Waals surface area contributed by atoms with Crippen LogP contribution in [0.2, 0.25) is 5.02 Å². The summed E-state index contributed by atoms with van der Waals surface area (Å²) >= 11 is 5.86. The molecule has 1 aromatic carbocycles. The van der Waals surface area contributed by atoms with Gasteiger partial charge in [0.2, 0.25) is 0 Å². The maximum absolute atomic E-state index is 10.7. The lowest BCUT2D eigenvalue weighted by atomic mass is 9.98. The molecule has 0 aromatic heterocycles. The number of halogens is 1. The van der Waals surface area contributed by atoms with Gasteiger partial charge in [-0.1, -0.05) is 11.6 Å². The van der Waals surface area contributed by atoms with Crippen molar-refractivity contribution in [2.45, 2.75) is 6.10 Å². The normalized spacial score (nSPS) is 17.5. The summed E-state index contributed by atoms with van der Waals surface area (Å²) in [6, 6.07) is 4.18. The zero-order valence-corrected chi connectivity index (χ0v) is 9.10. The number of aliphatic hydroxyl groups excluding tert-OH is 1. The van der Waals surface area contributed by atoms with E-state index in [4.69, 9.17) is 16.9 Å². The van der Waals surface area contributed by atoms with E-state index in [2.05, 4.69) is 5.32 Å². The number of anilines is 1. The highest BCUT2D eigenvalue weighted by Gasteiger charge is 2.26. The van der Waals surface area contributed by atoms with Crippen LogP contribution in [-0.4, -0.2) is 10.0 Å². The van der Waals surface area contributed by atoms with Crippen LogP contribution in [0, 0.1) is 21.4 Å². The zero-order chi connectivity index (χ0) is 12.6. The van der Waals surface area contributed by atoms with E-state index >= 15 is 0 Å². The highest BCUT2D eigenvalue weighted by molar-refractivity contribution is 6.33. The second kappa shape index (κ2) is 4.05. The molecule has 1 aliphatic rings. The molecule has 0 saturated heterocycles. The van der Waals surface area contributed by atoms with Gasteiger partial charge in [-0.15, -0.1) is 0 Å². The number of benzene rings is 1. The summed E-state index contributed by atoms with van der Waals surface area (Å²) in [4.78, 5) is 10.1. The predicted octanol–water partition coefficient (Wildman–Crippen LogP) is 2.11. The summed E-state index contributed by atoms with van der Waals surface area (Å²) in [5.74, 6) is 0. The largest absolute Gasteiger partial charge is 0.383 e. The van der Waals surface area contributed by atoms with Crippen molar-refractivity contribution in [1.82, 2.24) is 0 Å². The van der Waals surface area contributed by atoms with Crippen LogP contribution in [0.4, 0.5) is 11.4 Å². The Hall–Kier alpha value is -2.10. The van der Waals surface area contributed by atoms with Gasteiger partial charge in [0.15, 0.2) is 0 Å². The van der Waals surface area contributed by atoms with Gasteiger partial charge in [-0.3, -0.25) is 10.1 Å². The Morgan fingerprint density at radius 1 is 1.59 bits per heavy atom. The summed E-state index contributed by atoms with van der Waals surface area (Å²) in [6.07, 6.45) is 0.124. The van der Waals surface area contributed by atoms with Gasteiger partial charge in [0.1, 0.15) is 6.10 Å². The van der Waals surface area contributed by atoms with Gasteiger partial charge >= 0.3 is 0 Å². The van der Waals surface area contributed by atoms with E-state index in [-0.39, 0.29) is 21.8 Å². The SMILES string of the molecule is N#CC1=CNc2c(Cl)cc([N+](=O)[O-])cc2C1O. The average Bonchev–Trinajstić information content (AvgIpc) is 2.30. The molecule has 0 spiro atoms. The average molecular weight is 252 g/mol. The third-order valence-corrected chi connectivity index (χ3v) is 2.70. The van der Waals surface area contributed by atoms with E-state index in [1.54, 1.807) is 6.07 Å². The van der Waals surface area contributed by atoms with Crippen LogP contribution in [0.5, 0.6) is 0 Å². The number of hydrogen-bond donors (Lipinski definition) is 2. The lowest BCUT2D eigenvalue weighted by Gasteiger charge is -2.20. The standard InChI is InChI=1S/C10H6ClN3O3/c11-8-2-6(14(16)17)1-7-9(8)13-4-5(3-12)10(7)15/h1-2,4,10,13,15H. The van der Waals surface area contributed by atoms with Crippen molar-refractivity contribution in [2.75, 3.05) is 5.32 Å². The van der Waals surface area contributed by atoms with Crippen molar-refractivity contribution < 1.29 is 10.0 Å². The van der Waals surface area contributed by atoms with E-state index in [1.165, 1.54) is 18.3 Å². The van der Waals surface area contributed by atoms with Gasteiger partial charge in [0, 0.05) is 23.9 Å². The molecule has 2 N–H and O–H groups in total. The molecule has 1 aliphatic heterocycles. The number of nitro groups is 1. The van der Waals surface area contributed by atoms with E-state index in [1.807, 2.05) is 0 Å². The van der Waals surface area contributed by atoms with Gasteiger partial charge < -0.3 is 10.4 Å². The van der Waals surface area contributed by atoms with Crippen LogP contribution in [0.15, 0.2) is 23.9 Å². The molecule has 0 bridgehead atoms. The first-order valence-electron chi connectivity index (χ1n) is 4.57. The summed E-state index contributed by atoms with van der Waals surface area (Å²) in [6.45, 7) is 0. The van der Waals surface area contributed by atoms with Crippen molar-refractivity contribution in [3.63, 3.8) is 0 Å². The van der Waals surface area contributed by atoms with Gasteiger partial charge in [0.05, 0.1) is 27.3 Å². The first-order chi connectivity index (χ1) is 8.04. The van der Waals surface area contributed by atoms with Gasteiger partial charge in [-0.25, -0.2) is 0 Å². The number of fused-ring (bicyclic) bond motifs is 1. The van der Waals surface area contributed by atoms with Gasteiger partial charge in [0.25, 0.3) is 5.69 Å². The molecule has 86 valence electrons. The Kier molecular flexibility index (Phi) is 2.71. The van der Waals surface area contributed by atoms with E-state index < -0.39 is 11.0 Å². The van der Waals surface area contributed by atoms with Crippen molar-refractivity contribution in [1.29, 1.82) is 5.26 Å². The topological polar surface area (TPSA) is 99.2 Å². The molecule has 7 heteroatoms. The second-order valence-corrected chi connectivity index (χ2v) is 3.81. The van der Waals surface area contributed by atoms with Crippen LogP contribution in [-0.2, 0) is 0 Å². The Morgan fingerprint density at radius 2 is 2.29 bits per heavy atom.